The van der Waals surface area contributed by atoms with Gasteiger partial charge in [-0.3, -0.25) is 4.90 Å². The molecule has 2 amide bonds. The van der Waals surface area contributed by atoms with Crippen LogP contribution >= 0.6 is 0 Å². The molecule has 0 spiro atoms. The minimum absolute atomic E-state index is 0.0547. The van der Waals surface area contributed by atoms with Gasteiger partial charge in [-0.15, -0.1) is 0 Å². The van der Waals surface area contributed by atoms with Crippen LogP contribution < -0.4 is 4.90 Å². The number of aliphatic carboxylic acids is 1. The van der Waals surface area contributed by atoms with Crippen molar-refractivity contribution < 1.29 is 19.8 Å². The number of amides is 2. The maximum atomic E-state index is 12.5. The zero-order chi connectivity index (χ0) is 14.7. The predicted molar refractivity (Wildman–Crippen MR) is 73.6 cm³/mol. The maximum Gasteiger partial charge on any atom is 0.326 e. The summed E-state index contributed by atoms with van der Waals surface area (Å²) in [6.07, 6.45) is -0.706. The SMILES string of the molecule is CCN(C(=O)N1C[C@H](O)C[C@H]1C(=O)O)c1ccccc1. The van der Waals surface area contributed by atoms with Gasteiger partial charge in [-0.1, -0.05) is 18.2 Å². The number of benzene rings is 1. The van der Waals surface area contributed by atoms with Gasteiger partial charge in [-0.25, -0.2) is 9.59 Å². The van der Waals surface area contributed by atoms with Crippen molar-refractivity contribution in [3.63, 3.8) is 0 Å². The zero-order valence-electron chi connectivity index (χ0n) is 11.3. The molecule has 108 valence electrons. The van der Waals surface area contributed by atoms with Crippen LogP contribution in [-0.4, -0.2) is 52.3 Å². The van der Waals surface area contributed by atoms with E-state index in [4.69, 9.17) is 5.11 Å². The van der Waals surface area contributed by atoms with Crippen molar-refractivity contribution in [1.82, 2.24) is 4.90 Å². The molecule has 0 aliphatic carbocycles. The van der Waals surface area contributed by atoms with Gasteiger partial charge in [-0.2, -0.15) is 0 Å². The van der Waals surface area contributed by atoms with Gasteiger partial charge in [0.25, 0.3) is 0 Å². The molecule has 1 aliphatic heterocycles. The average molecular weight is 278 g/mol. The molecule has 0 aromatic heterocycles. The number of hydrogen-bond donors (Lipinski definition) is 2. The molecule has 1 saturated heterocycles. The number of carboxylic acid groups (broad SMARTS) is 1. The molecule has 1 aromatic rings. The molecule has 1 aliphatic rings. The van der Waals surface area contributed by atoms with E-state index in [1.54, 1.807) is 12.1 Å². The molecule has 6 nitrogen and oxygen atoms in total. The molecular formula is C14H18N2O4. The third kappa shape index (κ3) is 2.75. The first-order chi connectivity index (χ1) is 9.54. The second-order valence-electron chi connectivity index (χ2n) is 4.76. The molecular weight excluding hydrogens is 260 g/mol. The van der Waals surface area contributed by atoms with Crippen LogP contribution in [0.3, 0.4) is 0 Å². The number of urea groups is 1. The molecule has 2 N–H and O–H groups in total. The Morgan fingerprint density at radius 3 is 2.55 bits per heavy atom. The van der Waals surface area contributed by atoms with E-state index in [1.165, 1.54) is 9.80 Å². The van der Waals surface area contributed by atoms with E-state index in [-0.39, 0.29) is 19.0 Å². The highest BCUT2D eigenvalue weighted by atomic mass is 16.4. The summed E-state index contributed by atoms with van der Waals surface area (Å²) in [6.45, 7) is 2.31. The van der Waals surface area contributed by atoms with E-state index in [9.17, 15) is 14.7 Å². The van der Waals surface area contributed by atoms with Crippen molar-refractivity contribution in [3.8, 4) is 0 Å². The van der Waals surface area contributed by atoms with Gasteiger partial charge in [0.1, 0.15) is 6.04 Å². The highest BCUT2D eigenvalue weighted by Gasteiger charge is 2.40. The van der Waals surface area contributed by atoms with Gasteiger partial charge in [0.05, 0.1) is 6.10 Å². The Bertz CT molecular complexity index is 491. The molecule has 2 rings (SSSR count). The van der Waals surface area contributed by atoms with Crippen LogP contribution in [0.5, 0.6) is 0 Å². The van der Waals surface area contributed by atoms with E-state index < -0.39 is 18.1 Å². The topological polar surface area (TPSA) is 81.1 Å². The summed E-state index contributed by atoms with van der Waals surface area (Å²) in [7, 11) is 0. The molecule has 0 bridgehead atoms. The minimum atomic E-state index is -1.08. The lowest BCUT2D eigenvalue weighted by atomic mass is 10.2. The summed E-state index contributed by atoms with van der Waals surface area (Å²) in [5.74, 6) is -1.08. The van der Waals surface area contributed by atoms with E-state index in [0.717, 1.165) is 0 Å². The van der Waals surface area contributed by atoms with Gasteiger partial charge in [0, 0.05) is 25.2 Å². The Hall–Kier alpha value is -2.08. The highest BCUT2D eigenvalue weighted by molar-refractivity contribution is 5.94. The summed E-state index contributed by atoms with van der Waals surface area (Å²) >= 11 is 0. The predicted octanol–water partition coefficient (Wildman–Crippen LogP) is 1.15. The van der Waals surface area contributed by atoms with Crippen LogP contribution in [-0.2, 0) is 4.79 Å². The molecule has 2 atom stereocenters. The lowest BCUT2D eigenvalue weighted by Crippen LogP contribution is -2.48. The Balaban J connectivity index is 2.22. The first kappa shape index (κ1) is 14.3. The molecule has 0 radical (unpaired) electrons. The Morgan fingerprint density at radius 1 is 1.35 bits per heavy atom. The fourth-order valence-corrected chi connectivity index (χ4v) is 2.45. The fraction of sp³-hybridized carbons (Fsp3) is 0.429. The number of aliphatic hydroxyl groups is 1. The maximum absolute atomic E-state index is 12.5. The van der Waals surface area contributed by atoms with Crippen LogP contribution in [0.2, 0.25) is 0 Å². The number of anilines is 1. The van der Waals surface area contributed by atoms with Crippen LogP contribution in [0.25, 0.3) is 0 Å². The fourth-order valence-electron chi connectivity index (χ4n) is 2.45. The van der Waals surface area contributed by atoms with Gasteiger partial charge >= 0.3 is 12.0 Å². The summed E-state index contributed by atoms with van der Waals surface area (Å²) in [5, 5.41) is 18.8. The molecule has 0 unspecified atom stereocenters. The van der Waals surface area contributed by atoms with Crippen LogP contribution in [0.4, 0.5) is 10.5 Å². The number of nitrogens with zero attached hydrogens (tertiary/aromatic N) is 2. The molecule has 0 saturated carbocycles. The molecule has 6 heteroatoms. The van der Waals surface area contributed by atoms with Crippen molar-refractivity contribution in [2.75, 3.05) is 18.0 Å². The van der Waals surface area contributed by atoms with E-state index >= 15 is 0 Å². The quantitative estimate of drug-likeness (QED) is 0.869. The smallest absolute Gasteiger partial charge is 0.326 e. The van der Waals surface area contributed by atoms with Crippen molar-refractivity contribution in [2.45, 2.75) is 25.5 Å². The first-order valence-electron chi connectivity index (χ1n) is 6.58. The van der Waals surface area contributed by atoms with Crippen molar-refractivity contribution in [3.05, 3.63) is 30.3 Å². The number of aliphatic hydroxyl groups excluding tert-OH is 1. The highest BCUT2D eigenvalue weighted by Crippen LogP contribution is 2.23. The summed E-state index contributed by atoms with van der Waals surface area (Å²) in [6, 6.07) is 7.73. The number of carboxylic acids is 1. The second-order valence-corrected chi connectivity index (χ2v) is 4.76. The van der Waals surface area contributed by atoms with Crippen LogP contribution in [0.15, 0.2) is 30.3 Å². The Kier molecular flexibility index (Phi) is 4.24. The largest absolute Gasteiger partial charge is 0.480 e. The summed E-state index contributed by atoms with van der Waals surface area (Å²) < 4.78 is 0. The number of carbonyl (C=O) groups is 2. The van der Waals surface area contributed by atoms with Crippen molar-refractivity contribution >= 4 is 17.7 Å². The van der Waals surface area contributed by atoms with Crippen molar-refractivity contribution in [1.29, 1.82) is 0 Å². The molecule has 1 fully saturated rings. The molecule has 1 aromatic carbocycles. The third-order valence-corrected chi connectivity index (χ3v) is 3.42. The summed E-state index contributed by atoms with van der Waals surface area (Å²) in [4.78, 5) is 26.4. The van der Waals surface area contributed by atoms with E-state index in [0.29, 0.717) is 12.2 Å². The Labute approximate surface area is 117 Å². The zero-order valence-corrected chi connectivity index (χ0v) is 11.3. The first-order valence-corrected chi connectivity index (χ1v) is 6.58. The average Bonchev–Trinajstić information content (AvgIpc) is 2.83. The second kappa shape index (κ2) is 5.92. The molecule has 1 heterocycles. The normalized spacial score (nSPS) is 21.8. The number of carbonyl (C=O) groups excluding carboxylic acids is 1. The van der Waals surface area contributed by atoms with Gasteiger partial charge in [0.2, 0.25) is 0 Å². The van der Waals surface area contributed by atoms with E-state index in [1.807, 2.05) is 25.1 Å². The lowest BCUT2D eigenvalue weighted by Gasteiger charge is -2.29. The number of likely N-dealkylation sites (tertiary alicyclic amines) is 1. The van der Waals surface area contributed by atoms with E-state index in [2.05, 4.69) is 0 Å². The minimum Gasteiger partial charge on any atom is -0.480 e. The van der Waals surface area contributed by atoms with Crippen molar-refractivity contribution in [2.24, 2.45) is 0 Å². The van der Waals surface area contributed by atoms with Gasteiger partial charge < -0.3 is 15.1 Å². The monoisotopic (exact) mass is 278 g/mol. The number of para-hydroxylation sites is 1. The third-order valence-electron chi connectivity index (χ3n) is 3.42. The molecule has 20 heavy (non-hydrogen) atoms. The van der Waals surface area contributed by atoms with Crippen LogP contribution in [0.1, 0.15) is 13.3 Å². The standard InChI is InChI=1S/C14H18N2O4/c1-2-15(10-6-4-3-5-7-10)14(20)16-9-11(17)8-12(16)13(18)19/h3-7,11-12,17H,2,8-9H2,1H3,(H,18,19)/t11-,12+/m1/s1. The Morgan fingerprint density at radius 2 is 2.00 bits per heavy atom. The number of β-amino-alcohol motifs (C(OH)–C–C–N with tert-alkyl or cyclic N) is 1. The number of rotatable bonds is 3. The van der Waals surface area contributed by atoms with Gasteiger partial charge in [0.15, 0.2) is 0 Å². The summed E-state index contributed by atoms with van der Waals surface area (Å²) in [5.41, 5.74) is 0.713. The lowest BCUT2D eigenvalue weighted by molar-refractivity contribution is -0.141. The number of hydrogen-bond acceptors (Lipinski definition) is 3. The van der Waals surface area contributed by atoms with Gasteiger partial charge in [-0.05, 0) is 19.1 Å². The van der Waals surface area contributed by atoms with Crippen LogP contribution in [0, 0.1) is 0 Å².